The van der Waals surface area contributed by atoms with E-state index in [0.29, 0.717) is 5.75 Å². The van der Waals surface area contributed by atoms with Crippen LogP contribution >= 0.6 is 0 Å². The summed E-state index contributed by atoms with van der Waals surface area (Å²) in [6.07, 6.45) is 0. The molecule has 0 amide bonds. The molecule has 0 saturated heterocycles. The van der Waals surface area contributed by atoms with Crippen LogP contribution in [-0.4, -0.2) is 25.5 Å². The molecule has 0 unspecified atom stereocenters. The molecular formula is C12H13FO4. The predicted molar refractivity (Wildman–Crippen MR) is 58.7 cm³/mol. The number of carbonyl (C=O) groups excluding carboxylic acids is 2. The van der Waals surface area contributed by atoms with E-state index >= 15 is 0 Å². The average molecular weight is 240 g/mol. The molecule has 1 aromatic rings. The van der Waals surface area contributed by atoms with Gasteiger partial charge < -0.3 is 9.47 Å². The smallest absolute Gasteiger partial charge is 0.379 e. The summed E-state index contributed by atoms with van der Waals surface area (Å²) < 4.78 is 23.1. The lowest BCUT2D eigenvalue weighted by molar-refractivity contribution is -0.137. The van der Waals surface area contributed by atoms with Gasteiger partial charge in [-0.05, 0) is 31.5 Å². The van der Waals surface area contributed by atoms with Crippen LogP contribution < -0.4 is 4.74 Å². The van der Waals surface area contributed by atoms with Crippen LogP contribution in [0.2, 0.25) is 0 Å². The van der Waals surface area contributed by atoms with Crippen molar-refractivity contribution in [2.75, 3.05) is 13.7 Å². The number of carbonyl (C=O) groups is 2. The predicted octanol–water partition coefficient (Wildman–Crippen LogP) is 1.89. The largest absolute Gasteiger partial charge is 0.497 e. The third kappa shape index (κ3) is 2.81. The maximum atomic E-state index is 13.7. The first kappa shape index (κ1) is 13.2. The molecule has 17 heavy (non-hydrogen) atoms. The van der Waals surface area contributed by atoms with E-state index in [9.17, 15) is 14.0 Å². The molecule has 92 valence electrons. The Hall–Kier alpha value is -1.91. The molecule has 0 atom stereocenters. The minimum Gasteiger partial charge on any atom is -0.497 e. The van der Waals surface area contributed by atoms with Crippen molar-refractivity contribution in [3.8, 4) is 5.75 Å². The summed E-state index contributed by atoms with van der Waals surface area (Å²) in [5, 5.41) is 0. The molecule has 0 bridgehead atoms. The molecule has 0 aliphatic rings. The highest BCUT2D eigenvalue weighted by atomic mass is 19.1. The highest BCUT2D eigenvalue weighted by Crippen LogP contribution is 2.21. The number of rotatable bonds is 4. The number of halogens is 1. The summed E-state index contributed by atoms with van der Waals surface area (Å²) in [4.78, 5) is 22.8. The van der Waals surface area contributed by atoms with Crippen LogP contribution in [0.1, 0.15) is 22.8 Å². The van der Waals surface area contributed by atoms with Crippen LogP contribution in [0.5, 0.6) is 5.75 Å². The number of esters is 1. The highest BCUT2D eigenvalue weighted by Gasteiger charge is 2.23. The van der Waals surface area contributed by atoms with Crippen molar-refractivity contribution < 1.29 is 23.5 Å². The van der Waals surface area contributed by atoms with Crippen LogP contribution in [-0.2, 0) is 9.53 Å². The molecule has 0 aliphatic carbocycles. The van der Waals surface area contributed by atoms with Crippen molar-refractivity contribution in [1.29, 1.82) is 0 Å². The number of hydrogen-bond acceptors (Lipinski definition) is 4. The fraction of sp³-hybridized carbons (Fsp3) is 0.333. The van der Waals surface area contributed by atoms with E-state index in [1.54, 1.807) is 6.92 Å². The van der Waals surface area contributed by atoms with Gasteiger partial charge in [-0.2, -0.15) is 0 Å². The van der Waals surface area contributed by atoms with Crippen LogP contribution in [0, 0.1) is 12.7 Å². The average Bonchev–Trinajstić information content (AvgIpc) is 2.31. The van der Waals surface area contributed by atoms with Crippen molar-refractivity contribution in [2.45, 2.75) is 13.8 Å². The first-order valence-electron chi connectivity index (χ1n) is 5.06. The van der Waals surface area contributed by atoms with Crippen molar-refractivity contribution in [3.63, 3.8) is 0 Å². The van der Waals surface area contributed by atoms with Gasteiger partial charge in [-0.1, -0.05) is 0 Å². The topological polar surface area (TPSA) is 52.6 Å². The zero-order valence-electron chi connectivity index (χ0n) is 9.87. The summed E-state index contributed by atoms with van der Waals surface area (Å²) in [7, 11) is 1.39. The molecule has 1 aromatic carbocycles. The summed E-state index contributed by atoms with van der Waals surface area (Å²) in [5.41, 5.74) is -0.0997. The number of aryl methyl sites for hydroxylation is 1. The van der Waals surface area contributed by atoms with Gasteiger partial charge in [-0.25, -0.2) is 9.18 Å². The van der Waals surface area contributed by atoms with E-state index in [1.807, 2.05) is 0 Å². The van der Waals surface area contributed by atoms with E-state index in [0.717, 1.165) is 0 Å². The molecule has 0 N–H and O–H groups in total. The Morgan fingerprint density at radius 2 is 2.00 bits per heavy atom. The van der Waals surface area contributed by atoms with Crippen molar-refractivity contribution >= 4 is 11.8 Å². The van der Waals surface area contributed by atoms with Gasteiger partial charge >= 0.3 is 5.97 Å². The van der Waals surface area contributed by atoms with Crippen LogP contribution in [0.4, 0.5) is 4.39 Å². The first-order chi connectivity index (χ1) is 8.01. The zero-order chi connectivity index (χ0) is 13.0. The van der Waals surface area contributed by atoms with Crippen molar-refractivity contribution in [2.24, 2.45) is 0 Å². The number of methoxy groups -OCH3 is 1. The number of ketones is 1. The molecule has 1 rings (SSSR count). The number of Topliss-reactive ketones (excluding diaryl/α,β-unsaturated/α-hetero) is 1. The van der Waals surface area contributed by atoms with E-state index in [1.165, 1.54) is 26.2 Å². The van der Waals surface area contributed by atoms with Gasteiger partial charge in [0.15, 0.2) is 0 Å². The SMILES string of the molecule is CCOC(=O)C(=O)c1cc(OC)cc(C)c1F. The minimum absolute atomic E-state index is 0.0646. The molecule has 0 fully saturated rings. The van der Waals surface area contributed by atoms with Gasteiger partial charge in [0, 0.05) is 0 Å². The maximum absolute atomic E-state index is 13.7. The number of ether oxygens (including phenoxy) is 2. The fourth-order valence-corrected chi connectivity index (χ4v) is 1.33. The molecule has 0 aliphatic heterocycles. The Kier molecular flexibility index (Phi) is 4.20. The minimum atomic E-state index is -1.07. The Morgan fingerprint density at radius 3 is 2.53 bits per heavy atom. The van der Waals surface area contributed by atoms with Crippen molar-refractivity contribution in [1.82, 2.24) is 0 Å². The normalized spacial score (nSPS) is 9.88. The second kappa shape index (κ2) is 5.43. The third-order valence-electron chi connectivity index (χ3n) is 2.17. The van der Waals surface area contributed by atoms with Crippen LogP contribution in [0.3, 0.4) is 0 Å². The van der Waals surface area contributed by atoms with Gasteiger partial charge in [0.1, 0.15) is 11.6 Å². The third-order valence-corrected chi connectivity index (χ3v) is 2.17. The second-order valence-electron chi connectivity index (χ2n) is 3.36. The molecule has 0 radical (unpaired) electrons. The molecule has 4 nitrogen and oxygen atoms in total. The molecule has 0 aromatic heterocycles. The molecular weight excluding hydrogens is 227 g/mol. The monoisotopic (exact) mass is 240 g/mol. The summed E-state index contributed by atoms with van der Waals surface area (Å²) in [6.45, 7) is 3.12. The van der Waals surface area contributed by atoms with E-state index < -0.39 is 17.6 Å². The Labute approximate surface area is 98.3 Å². The first-order valence-corrected chi connectivity index (χ1v) is 5.06. The lowest BCUT2D eigenvalue weighted by atomic mass is 10.1. The quantitative estimate of drug-likeness (QED) is 0.458. The van der Waals surface area contributed by atoms with Crippen molar-refractivity contribution in [3.05, 3.63) is 29.1 Å². The van der Waals surface area contributed by atoms with E-state index in [-0.39, 0.29) is 17.7 Å². The molecule has 5 heteroatoms. The van der Waals surface area contributed by atoms with Gasteiger partial charge in [-0.3, -0.25) is 4.79 Å². The standard InChI is InChI=1S/C12H13FO4/c1-4-17-12(15)11(14)9-6-8(16-3)5-7(2)10(9)13/h5-6H,4H2,1-3H3. The number of hydrogen-bond donors (Lipinski definition) is 0. The summed E-state index contributed by atoms with van der Waals surface area (Å²) >= 11 is 0. The van der Waals surface area contributed by atoms with Gasteiger partial charge in [0.25, 0.3) is 5.78 Å². The maximum Gasteiger partial charge on any atom is 0.379 e. The van der Waals surface area contributed by atoms with Gasteiger partial charge in [0.2, 0.25) is 0 Å². The Bertz CT molecular complexity index is 454. The highest BCUT2D eigenvalue weighted by molar-refractivity contribution is 6.40. The lowest BCUT2D eigenvalue weighted by Gasteiger charge is -2.07. The summed E-state index contributed by atoms with van der Waals surface area (Å²) in [5.74, 6) is -2.49. The lowest BCUT2D eigenvalue weighted by Crippen LogP contribution is -2.19. The van der Waals surface area contributed by atoms with E-state index in [2.05, 4.69) is 4.74 Å². The van der Waals surface area contributed by atoms with Crippen LogP contribution in [0.25, 0.3) is 0 Å². The Morgan fingerprint density at radius 1 is 1.35 bits per heavy atom. The Balaban J connectivity index is 3.16. The van der Waals surface area contributed by atoms with E-state index in [4.69, 9.17) is 4.74 Å². The molecule has 0 spiro atoms. The van der Waals surface area contributed by atoms with Gasteiger partial charge in [-0.15, -0.1) is 0 Å². The number of benzene rings is 1. The van der Waals surface area contributed by atoms with Crippen LogP contribution in [0.15, 0.2) is 12.1 Å². The fourth-order valence-electron chi connectivity index (χ4n) is 1.33. The molecule has 0 saturated carbocycles. The molecule has 0 heterocycles. The zero-order valence-corrected chi connectivity index (χ0v) is 9.87. The second-order valence-corrected chi connectivity index (χ2v) is 3.36. The van der Waals surface area contributed by atoms with Gasteiger partial charge in [0.05, 0.1) is 19.3 Å². The summed E-state index contributed by atoms with van der Waals surface area (Å²) in [6, 6.07) is 2.62.